The highest BCUT2D eigenvalue weighted by molar-refractivity contribution is 6.20. The average Bonchev–Trinajstić information content (AvgIpc) is 3.24. The van der Waals surface area contributed by atoms with E-state index >= 15 is 0 Å². The Morgan fingerprint density at radius 1 is 1.21 bits per heavy atom. The van der Waals surface area contributed by atoms with Crippen LogP contribution in [0.1, 0.15) is 73.6 Å². The molecule has 1 atom stereocenters. The normalized spacial score (nSPS) is 20.4. The van der Waals surface area contributed by atoms with Crippen molar-refractivity contribution in [1.82, 2.24) is 4.90 Å². The Hall–Kier alpha value is -3.79. The standard InChI is InChI=1S/C39H53N3O/c1-12-28(6)15-16-31(9)36(29(7)13-2)25-37(40-11)38-26-39(43)32(10)24-34(41-38)17-18-35(14-3)42-21-19-30(8)33(20-22-42)23-27(4)5/h12,14-18,25-27,33H,1,7-8,10,13,19-24H2,2-6,9,11H3/b18-17-,28-15-,31-16-,35-14+,36-25-,40-37?. The third-order valence-electron chi connectivity index (χ3n) is 8.10. The van der Waals surface area contributed by atoms with Crippen LogP contribution in [0.3, 0.4) is 0 Å². The van der Waals surface area contributed by atoms with Gasteiger partial charge in [0.2, 0.25) is 0 Å². The molecule has 0 amide bonds. The van der Waals surface area contributed by atoms with Crippen molar-refractivity contribution in [3.63, 3.8) is 0 Å². The van der Waals surface area contributed by atoms with Crippen molar-refractivity contribution in [2.24, 2.45) is 21.8 Å². The summed E-state index contributed by atoms with van der Waals surface area (Å²) in [6.45, 7) is 31.4. The third kappa shape index (κ3) is 10.8. The minimum atomic E-state index is -0.127. The van der Waals surface area contributed by atoms with E-state index in [0.717, 1.165) is 66.1 Å². The van der Waals surface area contributed by atoms with Crippen LogP contribution in [-0.2, 0) is 4.79 Å². The molecule has 1 saturated heterocycles. The fraction of sp³-hybridized carbons (Fsp3) is 0.410. The van der Waals surface area contributed by atoms with Gasteiger partial charge in [0.25, 0.3) is 0 Å². The molecule has 2 aliphatic heterocycles. The molecule has 230 valence electrons. The molecule has 0 aromatic rings. The van der Waals surface area contributed by atoms with E-state index in [1.165, 1.54) is 12.0 Å². The minimum absolute atomic E-state index is 0.127. The molecule has 0 N–H and O–H groups in total. The first-order valence-corrected chi connectivity index (χ1v) is 15.6. The molecule has 4 nitrogen and oxygen atoms in total. The van der Waals surface area contributed by atoms with Gasteiger partial charge in [0, 0.05) is 44.0 Å². The van der Waals surface area contributed by atoms with Crippen LogP contribution >= 0.6 is 0 Å². The lowest BCUT2D eigenvalue weighted by atomic mass is 9.88. The molecular weight excluding hydrogens is 526 g/mol. The van der Waals surface area contributed by atoms with Gasteiger partial charge >= 0.3 is 0 Å². The van der Waals surface area contributed by atoms with Crippen molar-refractivity contribution in [2.45, 2.75) is 73.6 Å². The van der Waals surface area contributed by atoms with E-state index in [4.69, 9.17) is 4.99 Å². The maximum Gasteiger partial charge on any atom is 0.183 e. The van der Waals surface area contributed by atoms with Crippen molar-refractivity contribution in [3.8, 4) is 0 Å². The number of carbonyl (C=O) groups excluding carboxylic acids is 1. The number of rotatable bonds is 12. The topological polar surface area (TPSA) is 45.0 Å². The summed E-state index contributed by atoms with van der Waals surface area (Å²) in [4.78, 5) is 25.0. The van der Waals surface area contributed by atoms with Gasteiger partial charge in [0.1, 0.15) is 0 Å². The average molecular weight is 580 g/mol. The van der Waals surface area contributed by atoms with Crippen LogP contribution in [0.15, 0.2) is 130 Å². The first-order valence-electron chi connectivity index (χ1n) is 15.6. The Morgan fingerprint density at radius 2 is 1.93 bits per heavy atom. The number of carbonyl (C=O) groups is 1. The van der Waals surface area contributed by atoms with Crippen LogP contribution < -0.4 is 0 Å². The summed E-state index contributed by atoms with van der Waals surface area (Å²) < 4.78 is 0. The van der Waals surface area contributed by atoms with Crippen molar-refractivity contribution in [2.75, 3.05) is 20.1 Å². The quantitative estimate of drug-likeness (QED) is 0.1000. The van der Waals surface area contributed by atoms with E-state index in [9.17, 15) is 4.79 Å². The van der Waals surface area contributed by atoms with Crippen LogP contribution in [0.2, 0.25) is 0 Å². The van der Waals surface area contributed by atoms with Gasteiger partial charge < -0.3 is 4.90 Å². The summed E-state index contributed by atoms with van der Waals surface area (Å²) in [6, 6.07) is 0. The Balaban J connectivity index is 2.43. The minimum Gasteiger partial charge on any atom is -0.371 e. The highest BCUT2D eigenvalue weighted by Crippen LogP contribution is 2.30. The van der Waals surface area contributed by atoms with Crippen LogP contribution in [0.5, 0.6) is 0 Å². The van der Waals surface area contributed by atoms with Gasteiger partial charge in [-0.15, -0.1) is 0 Å². The fourth-order valence-electron chi connectivity index (χ4n) is 5.26. The molecule has 2 aliphatic rings. The molecule has 0 aromatic heterocycles. The largest absolute Gasteiger partial charge is 0.371 e. The summed E-state index contributed by atoms with van der Waals surface area (Å²) in [5.41, 5.74) is 9.07. The van der Waals surface area contributed by atoms with Gasteiger partial charge in [-0.25, -0.2) is 0 Å². The summed E-state index contributed by atoms with van der Waals surface area (Å²) in [5.74, 6) is 1.12. The summed E-state index contributed by atoms with van der Waals surface area (Å²) in [6.07, 6.45) is 20.3. The highest BCUT2D eigenvalue weighted by atomic mass is 16.1. The zero-order valence-corrected chi connectivity index (χ0v) is 27.8. The molecule has 0 saturated carbocycles. The van der Waals surface area contributed by atoms with Crippen LogP contribution in [-0.4, -0.2) is 42.2 Å². The molecular formula is C39H53N3O. The van der Waals surface area contributed by atoms with E-state index in [-0.39, 0.29) is 5.78 Å². The molecule has 0 bridgehead atoms. The van der Waals surface area contributed by atoms with E-state index in [1.54, 1.807) is 13.1 Å². The molecule has 2 rings (SSSR count). The second-order valence-electron chi connectivity index (χ2n) is 11.9. The van der Waals surface area contributed by atoms with E-state index in [0.29, 0.717) is 35.2 Å². The lowest BCUT2D eigenvalue weighted by molar-refractivity contribution is -0.111. The van der Waals surface area contributed by atoms with Crippen LogP contribution in [0.25, 0.3) is 0 Å². The second kappa shape index (κ2) is 17.4. The van der Waals surface area contributed by atoms with Crippen molar-refractivity contribution in [3.05, 3.63) is 120 Å². The monoisotopic (exact) mass is 579 g/mol. The number of likely N-dealkylation sites (tertiary alicyclic amines) is 1. The number of nitrogens with zero attached hydrogens (tertiary/aromatic N) is 3. The van der Waals surface area contributed by atoms with Crippen LogP contribution in [0.4, 0.5) is 0 Å². The van der Waals surface area contributed by atoms with Gasteiger partial charge in [-0.3, -0.25) is 14.8 Å². The van der Waals surface area contributed by atoms with Crippen molar-refractivity contribution in [1.29, 1.82) is 0 Å². The van der Waals surface area contributed by atoms with Crippen molar-refractivity contribution >= 4 is 17.2 Å². The molecule has 0 spiro atoms. The Morgan fingerprint density at radius 3 is 2.53 bits per heavy atom. The molecule has 1 unspecified atom stereocenters. The molecule has 0 radical (unpaired) electrons. The molecule has 2 heterocycles. The lowest BCUT2D eigenvalue weighted by Crippen LogP contribution is -2.23. The zero-order valence-electron chi connectivity index (χ0n) is 27.8. The first kappa shape index (κ1) is 35.4. The maximum absolute atomic E-state index is 13.0. The predicted molar refractivity (Wildman–Crippen MR) is 189 cm³/mol. The summed E-state index contributed by atoms with van der Waals surface area (Å²) >= 11 is 0. The SMILES string of the molecule is C=C\C(C)=C/C=C(C)\C(=C/C(=NC)C1=CC(=O)C(=C)CC(/C=C\C(=C/C)N2CCC(=C)C(CC(C)C)CC2)=N1)C(=C)CC. The molecule has 4 heteroatoms. The van der Waals surface area contributed by atoms with Crippen LogP contribution in [0, 0.1) is 11.8 Å². The molecule has 0 aliphatic carbocycles. The van der Waals surface area contributed by atoms with Gasteiger partial charge in [-0.1, -0.05) is 82.5 Å². The summed E-state index contributed by atoms with van der Waals surface area (Å²) in [5, 5.41) is 0. The molecule has 43 heavy (non-hydrogen) atoms. The number of hydrogen-bond donors (Lipinski definition) is 0. The maximum atomic E-state index is 13.0. The highest BCUT2D eigenvalue weighted by Gasteiger charge is 2.22. The lowest BCUT2D eigenvalue weighted by Gasteiger charge is -2.24. The predicted octanol–water partition coefficient (Wildman–Crippen LogP) is 9.66. The Labute approximate surface area is 261 Å². The zero-order chi connectivity index (χ0) is 32.1. The number of allylic oxidation sites excluding steroid dienone is 13. The number of hydrogen-bond acceptors (Lipinski definition) is 4. The fourth-order valence-corrected chi connectivity index (χ4v) is 5.26. The van der Waals surface area contributed by atoms with E-state index in [1.807, 2.05) is 31.2 Å². The number of aliphatic imine (C=N–C) groups is 2. The van der Waals surface area contributed by atoms with Gasteiger partial charge in [-0.2, -0.15) is 0 Å². The Bertz CT molecular complexity index is 1350. The van der Waals surface area contributed by atoms with Crippen molar-refractivity contribution < 1.29 is 4.79 Å². The van der Waals surface area contributed by atoms with Gasteiger partial charge in [-0.05, 0) is 98.8 Å². The first-order chi connectivity index (χ1) is 20.4. The van der Waals surface area contributed by atoms with E-state index in [2.05, 4.69) is 89.1 Å². The Kier molecular flexibility index (Phi) is 14.3. The smallest absolute Gasteiger partial charge is 0.183 e. The summed E-state index contributed by atoms with van der Waals surface area (Å²) in [7, 11) is 1.73. The number of ketones is 1. The van der Waals surface area contributed by atoms with Gasteiger partial charge in [0.15, 0.2) is 5.78 Å². The molecule has 1 fully saturated rings. The van der Waals surface area contributed by atoms with E-state index < -0.39 is 0 Å². The molecule has 0 aromatic carbocycles. The second-order valence-corrected chi connectivity index (χ2v) is 11.9. The van der Waals surface area contributed by atoms with Gasteiger partial charge in [0.05, 0.1) is 11.4 Å². The third-order valence-corrected chi connectivity index (χ3v) is 8.10.